The maximum absolute atomic E-state index is 5.44. The van der Waals surface area contributed by atoms with Crippen LogP contribution in [-0.2, 0) is 11.2 Å². The second-order valence-corrected chi connectivity index (χ2v) is 7.07. The van der Waals surface area contributed by atoms with Gasteiger partial charge in [-0.25, -0.2) is 0 Å². The molecule has 124 valence electrons. The fourth-order valence-corrected chi connectivity index (χ4v) is 4.28. The van der Waals surface area contributed by atoms with Crippen molar-refractivity contribution < 1.29 is 4.74 Å². The van der Waals surface area contributed by atoms with Gasteiger partial charge in [-0.05, 0) is 43.9 Å². The molecule has 2 heterocycles. The lowest BCUT2D eigenvalue weighted by molar-refractivity contribution is 0.0375. The molecular formula is C20H28N2O. The van der Waals surface area contributed by atoms with Crippen molar-refractivity contribution in [2.24, 2.45) is 0 Å². The van der Waals surface area contributed by atoms with E-state index in [1.54, 1.807) is 5.56 Å². The SMILES string of the molecule is c1ccc2c(c1)c(CCCN1CCOCC1)cn2C1CCCC1. The van der Waals surface area contributed by atoms with Crippen LogP contribution in [0, 0.1) is 0 Å². The Hall–Kier alpha value is -1.32. The first-order valence-corrected chi connectivity index (χ1v) is 9.30. The molecule has 1 saturated carbocycles. The quantitative estimate of drug-likeness (QED) is 0.829. The van der Waals surface area contributed by atoms with E-state index in [4.69, 9.17) is 4.74 Å². The number of fused-ring (bicyclic) bond motifs is 1. The highest BCUT2D eigenvalue weighted by Gasteiger charge is 2.20. The van der Waals surface area contributed by atoms with Crippen molar-refractivity contribution in [2.75, 3.05) is 32.8 Å². The van der Waals surface area contributed by atoms with Crippen molar-refractivity contribution in [2.45, 2.75) is 44.6 Å². The van der Waals surface area contributed by atoms with Gasteiger partial charge in [-0.2, -0.15) is 0 Å². The van der Waals surface area contributed by atoms with Crippen LogP contribution in [0.5, 0.6) is 0 Å². The summed E-state index contributed by atoms with van der Waals surface area (Å²) in [6.07, 6.45) is 10.4. The van der Waals surface area contributed by atoms with Crippen LogP contribution in [0.4, 0.5) is 0 Å². The van der Waals surface area contributed by atoms with Gasteiger partial charge < -0.3 is 9.30 Å². The number of benzene rings is 1. The summed E-state index contributed by atoms with van der Waals surface area (Å²) in [6.45, 7) is 5.21. The molecule has 3 nitrogen and oxygen atoms in total. The molecule has 1 aliphatic carbocycles. The molecule has 4 rings (SSSR count). The first-order valence-electron chi connectivity index (χ1n) is 9.30. The fourth-order valence-electron chi connectivity index (χ4n) is 4.28. The van der Waals surface area contributed by atoms with Gasteiger partial charge >= 0.3 is 0 Å². The van der Waals surface area contributed by atoms with Gasteiger partial charge in [-0.1, -0.05) is 31.0 Å². The predicted octanol–water partition coefficient (Wildman–Crippen LogP) is 4.02. The second-order valence-electron chi connectivity index (χ2n) is 7.07. The Morgan fingerprint density at radius 2 is 1.83 bits per heavy atom. The topological polar surface area (TPSA) is 17.4 Å². The van der Waals surface area contributed by atoms with Crippen LogP contribution >= 0.6 is 0 Å². The Kier molecular flexibility index (Phi) is 4.67. The summed E-state index contributed by atoms with van der Waals surface area (Å²) in [5, 5.41) is 1.47. The maximum atomic E-state index is 5.44. The van der Waals surface area contributed by atoms with E-state index in [9.17, 15) is 0 Å². The number of nitrogens with zero attached hydrogens (tertiary/aromatic N) is 2. The minimum absolute atomic E-state index is 0.730. The molecule has 0 unspecified atom stereocenters. The number of aromatic nitrogens is 1. The summed E-state index contributed by atoms with van der Waals surface area (Å²) >= 11 is 0. The third kappa shape index (κ3) is 3.31. The number of ether oxygens (including phenoxy) is 1. The van der Waals surface area contributed by atoms with Crippen LogP contribution < -0.4 is 0 Å². The molecule has 3 heteroatoms. The van der Waals surface area contributed by atoms with Crippen molar-refractivity contribution in [1.82, 2.24) is 9.47 Å². The summed E-state index contributed by atoms with van der Waals surface area (Å²) in [7, 11) is 0. The normalized spacial score (nSPS) is 20.5. The number of hydrogen-bond acceptors (Lipinski definition) is 2. The molecule has 2 aliphatic rings. The molecule has 0 amide bonds. The summed E-state index contributed by atoms with van der Waals surface area (Å²) in [6, 6.07) is 9.72. The molecule has 1 aliphatic heterocycles. The van der Waals surface area contributed by atoms with E-state index in [1.165, 1.54) is 56.0 Å². The molecule has 1 saturated heterocycles. The molecule has 23 heavy (non-hydrogen) atoms. The van der Waals surface area contributed by atoms with E-state index in [0.717, 1.165) is 32.3 Å². The molecule has 0 bridgehead atoms. The summed E-state index contributed by atoms with van der Waals surface area (Å²) in [5.74, 6) is 0. The molecule has 2 fully saturated rings. The lowest BCUT2D eigenvalue weighted by Gasteiger charge is -2.26. The van der Waals surface area contributed by atoms with E-state index >= 15 is 0 Å². The van der Waals surface area contributed by atoms with Crippen molar-refractivity contribution in [3.8, 4) is 0 Å². The fraction of sp³-hybridized carbons (Fsp3) is 0.600. The monoisotopic (exact) mass is 312 g/mol. The largest absolute Gasteiger partial charge is 0.379 e. The molecule has 0 radical (unpaired) electrons. The average molecular weight is 312 g/mol. The number of para-hydroxylation sites is 1. The zero-order valence-electron chi connectivity index (χ0n) is 14.0. The van der Waals surface area contributed by atoms with Crippen LogP contribution in [0.3, 0.4) is 0 Å². The van der Waals surface area contributed by atoms with E-state index in [-0.39, 0.29) is 0 Å². The van der Waals surface area contributed by atoms with E-state index in [1.807, 2.05) is 0 Å². The Bertz CT molecular complexity index is 636. The third-order valence-corrected chi connectivity index (χ3v) is 5.57. The van der Waals surface area contributed by atoms with E-state index < -0.39 is 0 Å². The van der Waals surface area contributed by atoms with Gasteiger partial charge in [0.2, 0.25) is 0 Å². The highest BCUT2D eigenvalue weighted by atomic mass is 16.5. The van der Waals surface area contributed by atoms with Gasteiger partial charge in [0.1, 0.15) is 0 Å². The standard InChI is InChI=1S/C20H28N2O/c1-2-8-18(7-1)22-16-17(19-9-3-4-10-20(19)22)6-5-11-21-12-14-23-15-13-21/h3-4,9-10,16,18H,1-2,5-8,11-15H2. The second kappa shape index (κ2) is 7.06. The Morgan fingerprint density at radius 1 is 1.04 bits per heavy atom. The highest BCUT2D eigenvalue weighted by Crippen LogP contribution is 2.34. The van der Waals surface area contributed by atoms with Gasteiger partial charge in [0.15, 0.2) is 0 Å². The zero-order valence-corrected chi connectivity index (χ0v) is 14.0. The lowest BCUT2D eigenvalue weighted by Crippen LogP contribution is -2.36. The van der Waals surface area contributed by atoms with Crippen LogP contribution in [0.1, 0.15) is 43.7 Å². The van der Waals surface area contributed by atoms with Gasteiger partial charge in [0, 0.05) is 36.2 Å². The Morgan fingerprint density at radius 3 is 2.65 bits per heavy atom. The first kappa shape index (κ1) is 15.2. The molecule has 2 aromatic rings. The number of aryl methyl sites for hydroxylation is 1. The van der Waals surface area contributed by atoms with Gasteiger partial charge in [0.05, 0.1) is 13.2 Å². The smallest absolute Gasteiger partial charge is 0.0594 e. The van der Waals surface area contributed by atoms with Crippen LogP contribution in [-0.4, -0.2) is 42.3 Å². The Balaban J connectivity index is 1.48. The zero-order chi connectivity index (χ0) is 15.5. The van der Waals surface area contributed by atoms with Crippen LogP contribution in [0.15, 0.2) is 30.5 Å². The number of hydrogen-bond donors (Lipinski definition) is 0. The highest BCUT2D eigenvalue weighted by molar-refractivity contribution is 5.84. The summed E-state index contributed by atoms with van der Waals surface area (Å²) in [5.41, 5.74) is 2.99. The minimum Gasteiger partial charge on any atom is -0.379 e. The summed E-state index contributed by atoms with van der Waals surface area (Å²) in [4.78, 5) is 2.54. The Labute approximate surface area is 139 Å². The van der Waals surface area contributed by atoms with Crippen LogP contribution in [0.2, 0.25) is 0 Å². The van der Waals surface area contributed by atoms with Crippen molar-refractivity contribution in [1.29, 1.82) is 0 Å². The van der Waals surface area contributed by atoms with Crippen LogP contribution in [0.25, 0.3) is 10.9 Å². The van der Waals surface area contributed by atoms with Crippen molar-refractivity contribution >= 4 is 10.9 Å². The number of rotatable bonds is 5. The maximum Gasteiger partial charge on any atom is 0.0594 e. The van der Waals surface area contributed by atoms with Crippen molar-refractivity contribution in [3.63, 3.8) is 0 Å². The van der Waals surface area contributed by atoms with Gasteiger partial charge in [-0.15, -0.1) is 0 Å². The summed E-state index contributed by atoms with van der Waals surface area (Å²) < 4.78 is 8.01. The third-order valence-electron chi connectivity index (χ3n) is 5.57. The minimum atomic E-state index is 0.730. The van der Waals surface area contributed by atoms with Gasteiger partial charge in [0.25, 0.3) is 0 Å². The molecule has 0 N–H and O–H groups in total. The lowest BCUT2D eigenvalue weighted by atomic mass is 10.1. The predicted molar refractivity (Wildman–Crippen MR) is 95.0 cm³/mol. The molecular weight excluding hydrogens is 284 g/mol. The number of morpholine rings is 1. The van der Waals surface area contributed by atoms with Gasteiger partial charge in [-0.3, -0.25) is 4.90 Å². The van der Waals surface area contributed by atoms with Crippen molar-refractivity contribution in [3.05, 3.63) is 36.0 Å². The molecule has 0 spiro atoms. The van der Waals surface area contributed by atoms with E-state index in [0.29, 0.717) is 0 Å². The first-order chi connectivity index (χ1) is 11.4. The van der Waals surface area contributed by atoms with E-state index in [2.05, 4.69) is 39.9 Å². The average Bonchev–Trinajstić information content (AvgIpc) is 3.24. The molecule has 1 aromatic carbocycles. The molecule has 0 atom stereocenters. The molecule has 1 aromatic heterocycles.